The van der Waals surface area contributed by atoms with Crippen LogP contribution in [-0.2, 0) is 21.4 Å². The summed E-state index contributed by atoms with van der Waals surface area (Å²) in [6.45, 7) is 0.833. The molecule has 27 heavy (non-hydrogen) atoms. The largest absolute Gasteiger partial charge is 0.335 e. The van der Waals surface area contributed by atoms with E-state index in [9.17, 15) is 13.2 Å². The predicted octanol–water partition coefficient (Wildman–Crippen LogP) is 4.30. The summed E-state index contributed by atoms with van der Waals surface area (Å²) in [7, 11) is -3.73. The van der Waals surface area contributed by atoms with Gasteiger partial charge in [0.05, 0.1) is 18.1 Å². The molecule has 3 heterocycles. The molecule has 1 saturated heterocycles. The number of nitrogens with zero attached hydrogens (tertiary/aromatic N) is 2. The molecule has 1 aliphatic rings. The number of thiophene rings is 2. The average Bonchev–Trinajstić information content (AvgIpc) is 3.23. The van der Waals surface area contributed by atoms with Gasteiger partial charge >= 0.3 is 0 Å². The lowest BCUT2D eigenvalue weighted by molar-refractivity contribution is -0.134. The Morgan fingerprint density at radius 3 is 2.63 bits per heavy atom. The number of fused-ring (bicyclic) bond motifs is 1. The van der Waals surface area contributed by atoms with E-state index in [1.54, 1.807) is 35.2 Å². The first-order valence-electron chi connectivity index (χ1n) is 8.03. The SMILES string of the molecule is O=C1CN(S(=O)(=O)c2cc3ccc(Cl)cc3s2)CCN1Cc1sccc1Cl. The second-order valence-corrected chi connectivity index (χ2v) is 11.2. The molecule has 0 atom stereocenters. The highest BCUT2D eigenvalue weighted by Gasteiger charge is 2.34. The van der Waals surface area contributed by atoms with E-state index in [1.165, 1.54) is 27.0 Å². The number of benzene rings is 1. The number of hydrogen-bond acceptors (Lipinski definition) is 5. The molecule has 4 rings (SSSR count). The van der Waals surface area contributed by atoms with Gasteiger partial charge in [0.2, 0.25) is 5.91 Å². The molecule has 1 aromatic carbocycles. The molecule has 0 radical (unpaired) electrons. The quantitative estimate of drug-likeness (QED) is 0.582. The van der Waals surface area contributed by atoms with Crippen LogP contribution in [0.3, 0.4) is 0 Å². The van der Waals surface area contributed by atoms with Crippen molar-refractivity contribution in [2.45, 2.75) is 10.8 Å². The van der Waals surface area contributed by atoms with Crippen molar-refractivity contribution in [3.8, 4) is 0 Å². The summed E-state index contributed by atoms with van der Waals surface area (Å²) in [6.07, 6.45) is 0. The van der Waals surface area contributed by atoms with Gasteiger partial charge in [-0.05, 0) is 35.0 Å². The molecule has 1 amide bonds. The summed E-state index contributed by atoms with van der Waals surface area (Å²) < 4.78 is 28.2. The summed E-state index contributed by atoms with van der Waals surface area (Å²) >= 11 is 14.7. The molecule has 5 nitrogen and oxygen atoms in total. The minimum absolute atomic E-state index is 0.166. The van der Waals surface area contributed by atoms with Crippen LogP contribution in [0.2, 0.25) is 10.0 Å². The highest BCUT2D eigenvalue weighted by molar-refractivity contribution is 7.91. The predicted molar refractivity (Wildman–Crippen MR) is 110 cm³/mol. The topological polar surface area (TPSA) is 57.7 Å². The third kappa shape index (κ3) is 3.74. The smallest absolute Gasteiger partial charge is 0.253 e. The molecule has 3 aromatic rings. The van der Waals surface area contributed by atoms with Crippen molar-refractivity contribution >= 4 is 71.9 Å². The molecule has 10 heteroatoms. The van der Waals surface area contributed by atoms with Crippen LogP contribution in [0.25, 0.3) is 10.1 Å². The minimum atomic E-state index is -3.73. The van der Waals surface area contributed by atoms with Crippen LogP contribution in [-0.4, -0.2) is 43.2 Å². The molecule has 0 bridgehead atoms. The van der Waals surface area contributed by atoms with Crippen molar-refractivity contribution in [2.24, 2.45) is 0 Å². The van der Waals surface area contributed by atoms with Crippen LogP contribution in [0.15, 0.2) is 39.9 Å². The molecule has 0 aliphatic carbocycles. The van der Waals surface area contributed by atoms with Crippen molar-refractivity contribution in [1.82, 2.24) is 9.21 Å². The van der Waals surface area contributed by atoms with Gasteiger partial charge < -0.3 is 4.90 Å². The van der Waals surface area contributed by atoms with E-state index in [0.717, 1.165) is 15.0 Å². The molecule has 0 saturated carbocycles. The maximum atomic E-state index is 13.0. The summed E-state index contributed by atoms with van der Waals surface area (Å²) in [5.41, 5.74) is 0. The highest BCUT2D eigenvalue weighted by Crippen LogP contribution is 2.33. The van der Waals surface area contributed by atoms with E-state index < -0.39 is 10.0 Å². The Bertz CT molecular complexity index is 1120. The molecule has 0 spiro atoms. The van der Waals surface area contributed by atoms with Gasteiger partial charge in [0, 0.05) is 27.7 Å². The number of hydrogen-bond donors (Lipinski definition) is 0. The van der Waals surface area contributed by atoms with E-state index >= 15 is 0 Å². The standard InChI is InChI=1S/C17H14Cl2N2O3S3/c18-12-2-1-11-7-17(26-14(11)8-12)27(23,24)21-5-4-20(16(22)10-21)9-15-13(19)3-6-25-15/h1-3,6-8H,4-5,9-10H2. The Hall–Kier alpha value is -1.16. The van der Waals surface area contributed by atoms with E-state index in [0.29, 0.717) is 23.1 Å². The molecule has 0 unspecified atom stereocenters. The second-order valence-electron chi connectivity index (χ2n) is 6.09. The lowest BCUT2D eigenvalue weighted by atomic mass is 10.3. The number of halogens is 2. The van der Waals surface area contributed by atoms with E-state index in [4.69, 9.17) is 23.2 Å². The van der Waals surface area contributed by atoms with Crippen molar-refractivity contribution in [3.63, 3.8) is 0 Å². The Morgan fingerprint density at radius 2 is 1.93 bits per heavy atom. The maximum absolute atomic E-state index is 13.0. The van der Waals surface area contributed by atoms with Gasteiger partial charge in [0.25, 0.3) is 10.0 Å². The Morgan fingerprint density at radius 1 is 1.11 bits per heavy atom. The van der Waals surface area contributed by atoms with Crippen LogP contribution in [0.1, 0.15) is 4.88 Å². The van der Waals surface area contributed by atoms with Gasteiger partial charge in [0.1, 0.15) is 4.21 Å². The number of carbonyl (C=O) groups excluding carboxylic acids is 1. The molecular formula is C17H14Cl2N2O3S3. The van der Waals surface area contributed by atoms with Gasteiger partial charge in [0.15, 0.2) is 0 Å². The van der Waals surface area contributed by atoms with Gasteiger partial charge in [-0.25, -0.2) is 8.42 Å². The lowest BCUT2D eigenvalue weighted by Crippen LogP contribution is -2.51. The number of amides is 1. The Labute approximate surface area is 174 Å². The Kier molecular flexibility index (Phi) is 5.22. The number of rotatable bonds is 4. The molecule has 0 N–H and O–H groups in total. The van der Waals surface area contributed by atoms with E-state index in [2.05, 4.69) is 0 Å². The normalized spacial score (nSPS) is 16.4. The fraction of sp³-hybridized carbons (Fsp3) is 0.235. The monoisotopic (exact) mass is 460 g/mol. The molecule has 2 aromatic heterocycles. The highest BCUT2D eigenvalue weighted by atomic mass is 35.5. The van der Waals surface area contributed by atoms with Crippen LogP contribution < -0.4 is 0 Å². The zero-order chi connectivity index (χ0) is 19.2. The number of piperazine rings is 1. The van der Waals surface area contributed by atoms with Gasteiger partial charge in [-0.2, -0.15) is 4.31 Å². The fourth-order valence-corrected chi connectivity index (χ4v) is 7.23. The first-order chi connectivity index (χ1) is 12.8. The summed E-state index contributed by atoms with van der Waals surface area (Å²) in [4.78, 5) is 15.1. The van der Waals surface area contributed by atoms with Crippen molar-refractivity contribution in [1.29, 1.82) is 0 Å². The van der Waals surface area contributed by atoms with Gasteiger partial charge in [-0.15, -0.1) is 22.7 Å². The second kappa shape index (κ2) is 7.35. The van der Waals surface area contributed by atoms with E-state index in [1.807, 2.05) is 5.38 Å². The van der Waals surface area contributed by atoms with Gasteiger partial charge in [-0.3, -0.25) is 4.79 Å². The third-order valence-electron chi connectivity index (χ3n) is 4.36. The zero-order valence-electron chi connectivity index (χ0n) is 13.9. The van der Waals surface area contributed by atoms with Crippen molar-refractivity contribution in [2.75, 3.05) is 19.6 Å². The maximum Gasteiger partial charge on any atom is 0.253 e. The summed E-state index contributed by atoms with van der Waals surface area (Å²) in [6, 6.07) is 8.69. The lowest BCUT2D eigenvalue weighted by Gasteiger charge is -2.33. The summed E-state index contributed by atoms with van der Waals surface area (Å²) in [5, 5.41) is 3.88. The van der Waals surface area contributed by atoms with Crippen LogP contribution in [0.5, 0.6) is 0 Å². The number of sulfonamides is 1. The number of carbonyl (C=O) groups is 1. The summed E-state index contributed by atoms with van der Waals surface area (Å²) in [5.74, 6) is -0.224. The molecule has 1 fully saturated rings. The van der Waals surface area contributed by atoms with Crippen LogP contribution in [0.4, 0.5) is 0 Å². The average molecular weight is 461 g/mol. The molecule has 142 valence electrons. The minimum Gasteiger partial charge on any atom is -0.335 e. The van der Waals surface area contributed by atoms with Crippen molar-refractivity contribution < 1.29 is 13.2 Å². The van der Waals surface area contributed by atoms with Crippen LogP contribution >= 0.6 is 45.9 Å². The first-order valence-corrected chi connectivity index (χ1v) is 11.9. The molecular weight excluding hydrogens is 447 g/mol. The van der Waals surface area contributed by atoms with Gasteiger partial charge in [-0.1, -0.05) is 29.3 Å². The van der Waals surface area contributed by atoms with Crippen molar-refractivity contribution in [3.05, 3.63) is 50.6 Å². The Balaban J connectivity index is 1.53. The molecule has 1 aliphatic heterocycles. The zero-order valence-corrected chi connectivity index (χ0v) is 17.9. The van der Waals surface area contributed by atoms with Crippen LogP contribution in [0, 0.1) is 0 Å². The van der Waals surface area contributed by atoms with E-state index in [-0.39, 0.29) is 23.2 Å². The first kappa shape index (κ1) is 19.2. The fourth-order valence-electron chi connectivity index (χ4n) is 2.91. The third-order valence-corrected chi connectivity index (χ3v) is 9.36.